The van der Waals surface area contributed by atoms with Crippen molar-refractivity contribution in [3.8, 4) is 0 Å². The van der Waals surface area contributed by atoms with Crippen LogP contribution in [-0.4, -0.2) is 35.5 Å². The monoisotopic (exact) mass is 282 g/mol. The van der Waals surface area contributed by atoms with Crippen molar-refractivity contribution in [2.24, 2.45) is 0 Å². The third-order valence-corrected chi connectivity index (χ3v) is 4.05. The molecule has 0 spiro atoms. The van der Waals surface area contributed by atoms with Crippen LogP contribution in [0.1, 0.15) is 30.1 Å². The molecular weight excluding hydrogens is 260 g/mol. The van der Waals surface area contributed by atoms with Crippen molar-refractivity contribution in [2.75, 3.05) is 25.5 Å². The van der Waals surface area contributed by atoms with Crippen LogP contribution in [-0.2, 0) is 6.54 Å². The molecule has 2 aromatic heterocycles. The summed E-state index contributed by atoms with van der Waals surface area (Å²) in [6, 6.07) is 10.9. The van der Waals surface area contributed by atoms with Crippen molar-refractivity contribution >= 4 is 5.82 Å². The smallest absolute Gasteiger partial charge is 0.127 e. The maximum absolute atomic E-state index is 4.53. The molecule has 110 valence electrons. The predicted octanol–water partition coefficient (Wildman–Crippen LogP) is 2.88. The Labute approximate surface area is 126 Å². The average molecular weight is 282 g/mol. The van der Waals surface area contributed by atoms with Crippen molar-refractivity contribution in [1.29, 1.82) is 0 Å². The molecule has 4 heteroatoms. The molecule has 4 nitrogen and oxygen atoms in total. The summed E-state index contributed by atoms with van der Waals surface area (Å²) < 4.78 is 0. The van der Waals surface area contributed by atoms with Gasteiger partial charge in [0.1, 0.15) is 5.82 Å². The number of anilines is 1. The van der Waals surface area contributed by atoms with Crippen LogP contribution in [0.25, 0.3) is 0 Å². The highest BCUT2D eigenvalue weighted by Gasteiger charge is 2.26. The highest BCUT2D eigenvalue weighted by molar-refractivity contribution is 5.37. The molecular formula is C17H22N4. The van der Waals surface area contributed by atoms with E-state index in [1.165, 1.54) is 24.1 Å². The van der Waals surface area contributed by atoms with Crippen LogP contribution in [0.15, 0.2) is 42.7 Å². The number of pyridine rings is 2. The maximum Gasteiger partial charge on any atom is 0.127 e. The molecule has 1 aliphatic rings. The zero-order valence-electron chi connectivity index (χ0n) is 12.7. The fraction of sp³-hybridized carbons (Fsp3) is 0.412. The molecule has 0 bridgehead atoms. The second-order valence-corrected chi connectivity index (χ2v) is 5.80. The second-order valence-electron chi connectivity index (χ2n) is 5.80. The number of nitrogens with zero attached hydrogens (tertiary/aromatic N) is 4. The van der Waals surface area contributed by atoms with Crippen molar-refractivity contribution < 1.29 is 0 Å². The van der Waals surface area contributed by atoms with Gasteiger partial charge in [0.15, 0.2) is 0 Å². The minimum absolute atomic E-state index is 0.444. The lowest BCUT2D eigenvalue weighted by atomic mass is 10.1. The van der Waals surface area contributed by atoms with Gasteiger partial charge in [0.2, 0.25) is 0 Å². The Morgan fingerprint density at radius 2 is 2.10 bits per heavy atom. The largest absolute Gasteiger partial charge is 0.363 e. The number of likely N-dealkylation sites (tertiary alicyclic amines) is 1. The molecule has 21 heavy (non-hydrogen) atoms. The predicted molar refractivity (Wildman–Crippen MR) is 85.2 cm³/mol. The topological polar surface area (TPSA) is 32.3 Å². The Kier molecular flexibility index (Phi) is 4.15. The van der Waals surface area contributed by atoms with E-state index in [-0.39, 0.29) is 0 Å². The number of rotatable bonds is 4. The van der Waals surface area contributed by atoms with E-state index in [4.69, 9.17) is 0 Å². The summed E-state index contributed by atoms with van der Waals surface area (Å²) in [5.74, 6) is 1.00. The van der Waals surface area contributed by atoms with E-state index in [0.29, 0.717) is 6.04 Å². The maximum atomic E-state index is 4.53. The summed E-state index contributed by atoms with van der Waals surface area (Å²) >= 11 is 0. The van der Waals surface area contributed by atoms with Crippen LogP contribution in [0, 0.1) is 0 Å². The minimum atomic E-state index is 0.444. The van der Waals surface area contributed by atoms with Crippen LogP contribution in [0.4, 0.5) is 5.82 Å². The molecule has 0 N–H and O–H groups in total. The van der Waals surface area contributed by atoms with Crippen LogP contribution in [0.3, 0.4) is 0 Å². The van der Waals surface area contributed by atoms with Gasteiger partial charge in [0.25, 0.3) is 0 Å². The van der Waals surface area contributed by atoms with Crippen molar-refractivity contribution in [3.05, 3.63) is 54.0 Å². The Morgan fingerprint density at radius 3 is 2.76 bits per heavy atom. The molecule has 1 aliphatic heterocycles. The standard InChI is InChI=1S/C17H22N4/c1-20(2)17-9-8-14(12-19-17)13-21-11-5-7-16(21)15-6-3-4-10-18-15/h3-4,6,8-10,12,16H,5,7,11,13H2,1-2H3/t16-/m0/s1. The van der Waals surface area contributed by atoms with Gasteiger partial charge < -0.3 is 4.90 Å². The van der Waals surface area contributed by atoms with Gasteiger partial charge in [-0.25, -0.2) is 4.98 Å². The van der Waals surface area contributed by atoms with Crippen LogP contribution in [0.5, 0.6) is 0 Å². The summed E-state index contributed by atoms with van der Waals surface area (Å²) in [6.45, 7) is 2.08. The van der Waals surface area contributed by atoms with E-state index in [9.17, 15) is 0 Å². The molecule has 0 unspecified atom stereocenters. The van der Waals surface area contributed by atoms with Gasteiger partial charge in [-0.15, -0.1) is 0 Å². The van der Waals surface area contributed by atoms with E-state index in [1.807, 2.05) is 37.5 Å². The van der Waals surface area contributed by atoms with Crippen molar-refractivity contribution in [3.63, 3.8) is 0 Å². The third kappa shape index (κ3) is 3.22. The Bertz CT molecular complexity index is 565. The molecule has 3 rings (SSSR count). The Balaban J connectivity index is 1.71. The molecule has 3 heterocycles. The van der Waals surface area contributed by atoms with Crippen LogP contribution >= 0.6 is 0 Å². The van der Waals surface area contributed by atoms with Crippen LogP contribution in [0.2, 0.25) is 0 Å². The number of hydrogen-bond acceptors (Lipinski definition) is 4. The van der Waals surface area contributed by atoms with Gasteiger partial charge in [-0.1, -0.05) is 12.1 Å². The molecule has 0 aliphatic carbocycles. The summed E-state index contributed by atoms with van der Waals surface area (Å²) in [7, 11) is 4.03. The minimum Gasteiger partial charge on any atom is -0.363 e. The van der Waals surface area contributed by atoms with Crippen molar-refractivity contribution in [2.45, 2.75) is 25.4 Å². The van der Waals surface area contributed by atoms with Gasteiger partial charge in [-0.3, -0.25) is 9.88 Å². The number of aromatic nitrogens is 2. The average Bonchev–Trinajstić information content (AvgIpc) is 2.97. The molecule has 0 saturated carbocycles. The third-order valence-electron chi connectivity index (χ3n) is 4.05. The zero-order chi connectivity index (χ0) is 14.7. The van der Waals surface area contributed by atoms with Gasteiger partial charge in [0.05, 0.1) is 11.7 Å². The Hall–Kier alpha value is -1.94. The van der Waals surface area contributed by atoms with Gasteiger partial charge in [-0.2, -0.15) is 0 Å². The quantitative estimate of drug-likeness (QED) is 0.863. The lowest BCUT2D eigenvalue weighted by Gasteiger charge is -2.24. The molecule has 0 amide bonds. The van der Waals surface area contributed by atoms with Gasteiger partial charge >= 0.3 is 0 Å². The number of hydrogen-bond donors (Lipinski definition) is 0. The van der Waals surface area contributed by atoms with Crippen LogP contribution < -0.4 is 4.90 Å². The fourth-order valence-corrected chi connectivity index (χ4v) is 2.93. The van der Waals surface area contributed by atoms with Crippen molar-refractivity contribution in [1.82, 2.24) is 14.9 Å². The van der Waals surface area contributed by atoms with Gasteiger partial charge in [-0.05, 0) is 43.1 Å². The summed E-state index contributed by atoms with van der Waals surface area (Å²) in [6.07, 6.45) is 6.31. The second kappa shape index (κ2) is 6.22. The zero-order valence-corrected chi connectivity index (χ0v) is 12.7. The molecule has 0 aromatic carbocycles. The van der Waals surface area contributed by atoms with E-state index < -0.39 is 0 Å². The molecule has 2 aromatic rings. The lowest BCUT2D eigenvalue weighted by molar-refractivity contribution is 0.244. The van der Waals surface area contributed by atoms with E-state index in [0.717, 1.165) is 18.9 Å². The molecule has 0 radical (unpaired) electrons. The summed E-state index contributed by atoms with van der Waals surface area (Å²) in [5, 5.41) is 0. The molecule has 1 saturated heterocycles. The fourth-order valence-electron chi connectivity index (χ4n) is 2.93. The highest BCUT2D eigenvalue weighted by Crippen LogP contribution is 2.31. The molecule has 1 fully saturated rings. The molecule has 1 atom stereocenters. The Morgan fingerprint density at radius 1 is 1.19 bits per heavy atom. The first-order valence-electron chi connectivity index (χ1n) is 7.51. The first-order valence-corrected chi connectivity index (χ1v) is 7.51. The first kappa shape index (κ1) is 14.0. The van der Waals surface area contributed by atoms with Gasteiger partial charge in [0, 0.05) is 33.0 Å². The normalized spacial score (nSPS) is 18.9. The van der Waals surface area contributed by atoms with E-state index in [1.54, 1.807) is 0 Å². The summed E-state index contributed by atoms with van der Waals surface area (Å²) in [5.41, 5.74) is 2.45. The van der Waals surface area contributed by atoms with E-state index >= 15 is 0 Å². The summed E-state index contributed by atoms with van der Waals surface area (Å²) in [4.78, 5) is 13.6. The SMILES string of the molecule is CN(C)c1ccc(CN2CCC[C@H]2c2ccccn2)cn1. The van der Waals surface area contributed by atoms with E-state index in [2.05, 4.69) is 39.1 Å². The highest BCUT2D eigenvalue weighted by atomic mass is 15.2. The first-order chi connectivity index (χ1) is 10.2. The lowest BCUT2D eigenvalue weighted by Crippen LogP contribution is -2.23.